The fourth-order valence-corrected chi connectivity index (χ4v) is 2.04. The van der Waals surface area contributed by atoms with Gasteiger partial charge in [0.05, 0.1) is 12.7 Å². The highest BCUT2D eigenvalue weighted by Crippen LogP contribution is 2.26. The SMILES string of the molecule is CCO[C@@H]1OC[C@@H](OCC)[C@@H](C)[C@@H]1OCC. The standard InChI is InChI=1S/C12H24O4/c1-5-13-10-8-16-12(15-7-3)11(9(10)4)14-6-2/h9-12H,5-8H2,1-4H3/t9-,10-,11+,12-/m1/s1. The lowest BCUT2D eigenvalue weighted by Gasteiger charge is -2.40. The zero-order chi connectivity index (χ0) is 12.0. The summed E-state index contributed by atoms with van der Waals surface area (Å²) in [7, 11) is 0. The molecule has 1 rings (SSSR count). The van der Waals surface area contributed by atoms with Crippen LogP contribution in [0.1, 0.15) is 27.7 Å². The van der Waals surface area contributed by atoms with Crippen LogP contribution in [-0.4, -0.2) is 44.9 Å². The summed E-state index contributed by atoms with van der Waals surface area (Å²) in [6.45, 7) is 10.7. The van der Waals surface area contributed by atoms with E-state index >= 15 is 0 Å². The van der Waals surface area contributed by atoms with Gasteiger partial charge in [-0.25, -0.2) is 0 Å². The molecule has 0 aromatic heterocycles. The highest BCUT2D eigenvalue weighted by molar-refractivity contribution is 4.82. The van der Waals surface area contributed by atoms with E-state index in [1.54, 1.807) is 0 Å². The van der Waals surface area contributed by atoms with Gasteiger partial charge in [-0.1, -0.05) is 6.92 Å². The van der Waals surface area contributed by atoms with Crippen LogP contribution in [0, 0.1) is 5.92 Å². The Morgan fingerprint density at radius 1 is 1.00 bits per heavy atom. The maximum atomic E-state index is 5.71. The lowest BCUT2D eigenvalue weighted by Crippen LogP contribution is -2.51. The Labute approximate surface area is 98.2 Å². The van der Waals surface area contributed by atoms with Gasteiger partial charge in [-0.3, -0.25) is 0 Å². The van der Waals surface area contributed by atoms with Gasteiger partial charge in [-0.2, -0.15) is 0 Å². The molecule has 4 atom stereocenters. The Morgan fingerprint density at radius 2 is 1.62 bits per heavy atom. The van der Waals surface area contributed by atoms with Crippen molar-refractivity contribution in [3.8, 4) is 0 Å². The molecule has 0 aliphatic carbocycles. The highest BCUT2D eigenvalue weighted by atomic mass is 16.7. The van der Waals surface area contributed by atoms with Crippen LogP contribution in [0.3, 0.4) is 0 Å². The van der Waals surface area contributed by atoms with Crippen LogP contribution in [0.4, 0.5) is 0 Å². The molecular formula is C12H24O4. The molecule has 1 heterocycles. The molecule has 0 spiro atoms. The predicted molar refractivity (Wildman–Crippen MR) is 61.4 cm³/mol. The third-order valence-electron chi connectivity index (χ3n) is 2.87. The van der Waals surface area contributed by atoms with Crippen molar-refractivity contribution in [2.45, 2.75) is 46.2 Å². The summed E-state index contributed by atoms with van der Waals surface area (Å²) in [5.74, 6) is 0.296. The van der Waals surface area contributed by atoms with Crippen molar-refractivity contribution in [1.29, 1.82) is 0 Å². The molecule has 1 aliphatic rings. The van der Waals surface area contributed by atoms with E-state index in [1.165, 1.54) is 0 Å². The molecule has 0 saturated carbocycles. The van der Waals surface area contributed by atoms with Gasteiger partial charge in [-0.05, 0) is 20.8 Å². The second-order valence-electron chi connectivity index (χ2n) is 3.93. The van der Waals surface area contributed by atoms with Crippen molar-refractivity contribution in [2.75, 3.05) is 26.4 Å². The molecule has 16 heavy (non-hydrogen) atoms. The molecule has 4 heteroatoms. The minimum absolute atomic E-state index is 0.0322. The van der Waals surface area contributed by atoms with Crippen molar-refractivity contribution < 1.29 is 18.9 Å². The van der Waals surface area contributed by atoms with Crippen molar-refractivity contribution in [1.82, 2.24) is 0 Å². The van der Waals surface area contributed by atoms with E-state index in [-0.39, 0.29) is 18.5 Å². The number of hydrogen-bond acceptors (Lipinski definition) is 4. The molecule has 0 amide bonds. The van der Waals surface area contributed by atoms with Crippen molar-refractivity contribution >= 4 is 0 Å². The molecule has 0 radical (unpaired) electrons. The third kappa shape index (κ3) is 3.42. The van der Waals surface area contributed by atoms with Crippen LogP contribution < -0.4 is 0 Å². The van der Waals surface area contributed by atoms with Crippen LogP contribution in [0.15, 0.2) is 0 Å². The number of ether oxygens (including phenoxy) is 4. The molecule has 0 aromatic carbocycles. The van der Waals surface area contributed by atoms with Gasteiger partial charge in [0.1, 0.15) is 6.10 Å². The molecule has 0 unspecified atom stereocenters. The maximum absolute atomic E-state index is 5.71. The summed E-state index contributed by atoms with van der Waals surface area (Å²) in [5.41, 5.74) is 0. The van der Waals surface area contributed by atoms with E-state index in [1.807, 2.05) is 20.8 Å². The first-order valence-electron chi connectivity index (χ1n) is 6.20. The van der Waals surface area contributed by atoms with Crippen LogP contribution >= 0.6 is 0 Å². The van der Waals surface area contributed by atoms with Crippen molar-refractivity contribution in [2.24, 2.45) is 5.92 Å². The normalized spacial score (nSPS) is 35.2. The number of rotatable bonds is 6. The predicted octanol–water partition coefficient (Wildman–Crippen LogP) is 1.83. The minimum Gasteiger partial charge on any atom is -0.376 e. The average Bonchev–Trinajstić information content (AvgIpc) is 2.28. The largest absolute Gasteiger partial charge is 0.376 e. The molecule has 96 valence electrons. The Balaban J connectivity index is 2.58. The molecular weight excluding hydrogens is 208 g/mol. The highest BCUT2D eigenvalue weighted by Gasteiger charge is 2.39. The van der Waals surface area contributed by atoms with Gasteiger partial charge >= 0.3 is 0 Å². The molecule has 1 aliphatic heterocycles. The van der Waals surface area contributed by atoms with Gasteiger partial charge < -0.3 is 18.9 Å². The average molecular weight is 232 g/mol. The van der Waals surface area contributed by atoms with Gasteiger partial charge in [0.15, 0.2) is 6.29 Å². The summed E-state index contributed by atoms with van der Waals surface area (Å²) < 4.78 is 22.5. The monoisotopic (exact) mass is 232 g/mol. The summed E-state index contributed by atoms with van der Waals surface area (Å²) >= 11 is 0. The first-order valence-corrected chi connectivity index (χ1v) is 6.20. The summed E-state index contributed by atoms with van der Waals surface area (Å²) in [6.07, 6.45) is -0.176. The lowest BCUT2D eigenvalue weighted by molar-refractivity contribution is -0.269. The topological polar surface area (TPSA) is 36.9 Å². The quantitative estimate of drug-likeness (QED) is 0.700. The van der Waals surface area contributed by atoms with E-state index in [9.17, 15) is 0 Å². The Bertz CT molecular complexity index is 186. The fraction of sp³-hybridized carbons (Fsp3) is 1.00. The summed E-state index contributed by atoms with van der Waals surface area (Å²) in [5, 5.41) is 0. The molecule has 0 N–H and O–H groups in total. The molecule has 4 nitrogen and oxygen atoms in total. The zero-order valence-corrected chi connectivity index (χ0v) is 10.8. The number of hydrogen-bond donors (Lipinski definition) is 0. The van der Waals surface area contributed by atoms with Gasteiger partial charge in [0.2, 0.25) is 0 Å². The smallest absolute Gasteiger partial charge is 0.184 e. The minimum atomic E-state index is -0.253. The van der Waals surface area contributed by atoms with Crippen molar-refractivity contribution in [3.05, 3.63) is 0 Å². The lowest BCUT2D eigenvalue weighted by atomic mass is 9.95. The van der Waals surface area contributed by atoms with Crippen LogP contribution in [0.25, 0.3) is 0 Å². The van der Waals surface area contributed by atoms with E-state index in [2.05, 4.69) is 6.92 Å². The Morgan fingerprint density at radius 3 is 2.19 bits per heavy atom. The molecule has 0 aromatic rings. The third-order valence-corrected chi connectivity index (χ3v) is 2.87. The maximum Gasteiger partial charge on any atom is 0.184 e. The van der Waals surface area contributed by atoms with E-state index in [4.69, 9.17) is 18.9 Å². The van der Waals surface area contributed by atoms with Gasteiger partial charge in [0, 0.05) is 25.7 Å². The molecule has 1 fully saturated rings. The van der Waals surface area contributed by atoms with Crippen LogP contribution in [-0.2, 0) is 18.9 Å². The zero-order valence-electron chi connectivity index (χ0n) is 10.8. The molecule has 1 saturated heterocycles. The fourth-order valence-electron chi connectivity index (χ4n) is 2.04. The van der Waals surface area contributed by atoms with Crippen LogP contribution in [0.5, 0.6) is 0 Å². The van der Waals surface area contributed by atoms with Crippen LogP contribution in [0.2, 0.25) is 0 Å². The van der Waals surface area contributed by atoms with E-state index in [0.29, 0.717) is 32.3 Å². The summed E-state index contributed by atoms with van der Waals surface area (Å²) in [4.78, 5) is 0. The van der Waals surface area contributed by atoms with Crippen molar-refractivity contribution in [3.63, 3.8) is 0 Å². The summed E-state index contributed by atoms with van der Waals surface area (Å²) in [6, 6.07) is 0. The second-order valence-corrected chi connectivity index (χ2v) is 3.93. The van der Waals surface area contributed by atoms with E-state index in [0.717, 1.165) is 0 Å². The van der Waals surface area contributed by atoms with E-state index < -0.39 is 0 Å². The molecule has 0 bridgehead atoms. The Kier molecular flexibility index (Phi) is 6.28. The Hall–Kier alpha value is -0.160. The first kappa shape index (κ1) is 13.9. The van der Waals surface area contributed by atoms with Gasteiger partial charge in [0.25, 0.3) is 0 Å². The first-order chi connectivity index (χ1) is 7.74. The second kappa shape index (κ2) is 7.22. The van der Waals surface area contributed by atoms with Gasteiger partial charge in [-0.15, -0.1) is 0 Å².